The van der Waals surface area contributed by atoms with Gasteiger partial charge in [0.25, 0.3) is 0 Å². The second-order valence-electron chi connectivity index (χ2n) is 4.73. The number of halogens is 1. The molecule has 0 aliphatic heterocycles. The van der Waals surface area contributed by atoms with Crippen molar-refractivity contribution in [3.63, 3.8) is 0 Å². The molecule has 1 atom stereocenters. The minimum atomic E-state index is -0.321. The normalized spacial score (nSPS) is 12.1. The third-order valence-electron chi connectivity index (χ3n) is 2.75. The second-order valence-corrected chi connectivity index (χ2v) is 4.73. The Morgan fingerprint density at radius 2 is 2.17 bits per heavy atom. The number of benzene rings is 1. The SMILES string of the molecule is CCC(N)Cc1ccc(OCC=C(C)C)c(F)c1. The third kappa shape index (κ3) is 4.88. The van der Waals surface area contributed by atoms with E-state index in [-0.39, 0.29) is 11.9 Å². The van der Waals surface area contributed by atoms with E-state index in [0.29, 0.717) is 18.8 Å². The molecule has 0 bridgehead atoms. The number of hydrogen-bond acceptors (Lipinski definition) is 2. The number of allylic oxidation sites excluding steroid dienone is 1. The molecule has 1 aromatic carbocycles. The van der Waals surface area contributed by atoms with Crippen LogP contribution in [-0.4, -0.2) is 12.6 Å². The highest BCUT2D eigenvalue weighted by Crippen LogP contribution is 2.19. The van der Waals surface area contributed by atoms with Crippen LogP contribution < -0.4 is 10.5 Å². The number of hydrogen-bond donors (Lipinski definition) is 1. The van der Waals surface area contributed by atoms with Gasteiger partial charge in [0.05, 0.1) is 0 Å². The molecule has 2 nitrogen and oxygen atoms in total. The summed E-state index contributed by atoms with van der Waals surface area (Å²) in [4.78, 5) is 0. The van der Waals surface area contributed by atoms with Crippen molar-refractivity contribution >= 4 is 0 Å². The lowest BCUT2D eigenvalue weighted by Gasteiger charge is -2.10. The molecule has 1 aromatic rings. The van der Waals surface area contributed by atoms with E-state index < -0.39 is 0 Å². The Bertz CT molecular complexity index is 411. The van der Waals surface area contributed by atoms with Crippen LogP contribution in [0.3, 0.4) is 0 Å². The Labute approximate surface area is 109 Å². The van der Waals surface area contributed by atoms with Crippen LogP contribution in [0.25, 0.3) is 0 Å². The standard InChI is InChI=1S/C15H22FNO/c1-4-13(17)9-12-5-6-15(14(16)10-12)18-8-7-11(2)3/h5-7,10,13H,4,8-9,17H2,1-3H3. The summed E-state index contributed by atoms with van der Waals surface area (Å²) < 4.78 is 19.1. The Hall–Kier alpha value is -1.35. The Morgan fingerprint density at radius 1 is 1.44 bits per heavy atom. The van der Waals surface area contributed by atoms with Crippen molar-refractivity contribution in [2.24, 2.45) is 5.73 Å². The Balaban J connectivity index is 2.65. The molecule has 18 heavy (non-hydrogen) atoms. The zero-order chi connectivity index (χ0) is 13.5. The third-order valence-corrected chi connectivity index (χ3v) is 2.75. The molecule has 0 heterocycles. The first-order valence-corrected chi connectivity index (χ1v) is 6.33. The fourth-order valence-electron chi connectivity index (χ4n) is 1.53. The van der Waals surface area contributed by atoms with E-state index in [0.717, 1.165) is 17.6 Å². The van der Waals surface area contributed by atoms with Gasteiger partial charge < -0.3 is 10.5 Å². The van der Waals surface area contributed by atoms with Gasteiger partial charge in [-0.1, -0.05) is 18.6 Å². The van der Waals surface area contributed by atoms with E-state index in [9.17, 15) is 4.39 Å². The van der Waals surface area contributed by atoms with Gasteiger partial charge in [0.2, 0.25) is 0 Å². The predicted octanol–water partition coefficient (Wildman–Crippen LogP) is 3.45. The van der Waals surface area contributed by atoms with Crippen molar-refractivity contribution in [2.45, 2.75) is 39.7 Å². The van der Waals surface area contributed by atoms with Gasteiger partial charge in [-0.3, -0.25) is 0 Å². The molecule has 0 fully saturated rings. The smallest absolute Gasteiger partial charge is 0.165 e. The van der Waals surface area contributed by atoms with E-state index >= 15 is 0 Å². The topological polar surface area (TPSA) is 35.2 Å². The van der Waals surface area contributed by atoms with Crippen LogP contribution in [0.4, 0.5) is 4.39 Å². The van der Waals surface area contributed by atoms with Crippen molar-refractivity contribution in [1.29, 1.82) is 0 Å². The van der Waals surface area contributed by atoms with Crippen LogP contribution in [0, 0.1) is 5.82 Å². The van der Waals surface area contributed by atoms with E-state index in [1.165, 1.54) is 6.07 Å². The van der Waals surface area contributed by atoms with Gasteiger partial charge in [0.1, 0.15) is 6.61 Å². The zero-order valence-electron chi connectivity index (χ0n) is 11.4. The van der Waals surface area contributed by atoms with E-state index in [1.807, 2.05) is 32.9 Å². The van der Waals surface area contributed by atoms with Crippen molar-refractivity contribution < 1.29 is 9.13 Å². The minimum Gasteiger partial charge on any atom is -0.486 e. The largest absolute Gasteiger partial charge is 0.486 e. The molecule has 0 amide bonds. The van der Waals surface area contributed by atoms with Crippen LogP contribution >= 0.6 is 0 Å². The zero-order valence-corrected chi connectivity index (χ0v) is 11.4. The van der Waals surface area contributed by atoms with Crippen molar-refractivity contribution in [2.75, 3.05) is 6.61 Å². The quantitative estimate of drug-likeness (QED) is 0.786. The first kappa shape index (κ1) is 14.7. The maximum atomic E-state index is 13.7. The van der Waals surface area contributed by atoms with Gasteiger partial charge in [0.15, 0.2) is 11.6 Å². The van der Waals surface area contributed by atoms with Gasteiger partial charge in [0, 0.05) is 6.04 Å². The molecule has 0 aromatic heterocycles. The molecule has 1 rings (SSSR count). The Kier molecular flexibility index (Phi) is 5.86. The van der Waals surface area contributed by atoms with Crippen molar-refractivity contribution in [3.05, 3.63) is 41.2 Å². The van der Waals surface area contributed by atoms with E-state index in [4.69, 9.17) is 10.5 Å². The molecule has 0 radical (unpaired) electrons. The molecule has 1 unspecified atom stereocenters. The summed E-state index contributed by atoms with van der Waals surface area (Å²) in [5.74, 6) is -0.0284. The Morgan fingerprint density at radius 3 is 2.72 bits per heavy atom. The maximum Gasteiger partial charge on any atom is 0.165 e. The molecule has 0 saturated carbocycles. The van der Waals surface area contributed by atoms with Crippen LogP contribution in [0.5, 0.6) is 5.75 Å². The van der Waals surface area contributed by atoms with Gasteiger partial charge in [-0.15, -0.1) is 0 Å². The van der Waals surface area contributed by atoms with Gasteiger partial charge in [-0.25, -0.2) is 4.39 Å². The second kappa shape index (κ2) is 7.17. The molecular weight excluding hydrogens is 229 g/mol. The molecule has 3 heteroatoms. The summed E-state index contributed by atoms with van der Waals surface area (Å²) in [5.41, 5.74) is 7.91. The predicted molar refractivity (Wildman–Crippen MR) is 73.3 cm³/mol. The van der Waals surface area contributed by atoms with Gasteiger partial charge in [-0.05, 0) is 50.5 Å². The monoisotopic (exact) mass is 251 g/mol. The average molecular weight is 251 g/mol. The summed E-state index contributed by atoms with van der Waals surface area (Å²) in [5, 5.41) is 0. The summed E-state index contributed by atoms with van der Waals surface area (Å²) >= 11 is 0. The molecule has 0 spiro atoms. The van der Waals surface area contributed by atoms with Crippen LogP contribution in [0.1, 0.15) is 32.8 Å². The first-order chi connectivity index (χ1) is 8.52. The molecule has 2 N–H and O–H groups in total. The lowest BCUT2D eigenvalue weighted by molar-refractivity contribution is 0.340. The summed E-state index contributed by atoms with van der Waals surface area (Å²) in [6.45, 7) is 6.38. The highest BCUT2D eigenvalue weighted by Gasteiger charge is 2.07. The minimum absolute atomic E-state index is 0.0850. The fraction of sp³-hybridized carbons (Fsp3) is 0.467. The fourth-order valence-corrected chi connectivity index (χ4v) is 1.53. The lowest BCUT2D eigenvalue weighted by atomic mass is 10.0. The summed E-state index contributed by atoms with van der Waals surface area (Å²) in [6.07, 6.45) is 3.50. The highest BCUT2D eigenvalue weighted by molar-refractivity contribution is 5.30. The maximum absolute atomic E-state index is 13.7. The molecule has 0 aliphatic carbocycles. The van der Waals surface area contributed by atoms with Crippen LogP contribution in [-0.2, 0) is 6.42 Å². The molecule has 0 aliphatic rings. The van der Waals surface area contributed by atoms with Gasteiger partial charge >= 0.3 is 0 Å². The van der Waals surface area contributed by atoms with E-state index in [1.54, 1.807) is 6.07 Å². The van der Waals surface area contributed by atoms with Crippen LogP contribution in [0.2, 0.25) is 0 Å². The van der Waals surface area contributed by atoms with Crippen LogP contribution in [0.15, 0.2) is 29.8 Å². The highest BCUT2D eigenvalue weighted by atomic mass is 19.1. The molecular formula is C15H22FNO. The average Bonchev–Trinajstić information content (AvgIpc) is 2.31. The number of nitrogens with two attached hydrogens (primary N) is 1. The lowest BCUT2D eigenvalue weighted by Crippen LogP contribution is -2.21. The first-order valence-electron chi connectivity index (χ1n) is 6.33. The summed E-state index contributed by atoms with van der Waals surface area (Å²) in [7, 11) is 0. The molecule has 0 saturated heterocycles. The van der Waals surface area contributed by atoms with E-state index in [2.05, 4.69) is 0 Å². The number of ether oxygens (including phenoxy) is 1. The molecule has 100 valence electrons. The van der Waals surface area contributed by atoms with Crippen molar-refractivity contribution in [1.82, 2.24) is 0 Å². The van der Waals surface area contributed by atoms with Gasteiger partial charge in [-0.2, -0.15) is 0 Å². The summed E-state index contributed by atoms with van der Waals surface area (Å²) in [6, 6.07) is 5.14. The van der Waals surface area contributed by atoms with Crippen molar-refractivity contribution in [3.8, 4) is 5.75 Å². The number of rotatable bonds is 6.